The summed E-state index contributed by atoms with van der Waals surface area (Å²) in [5, 5.41) is 3.92. The number of rotatable bonds is 1. The first-order valence-corrected chi connectivity index (χ1v) is 4.70. The normalized spacial score (nSPS) is 18.0. The number of hydrogen-bond acceptors (Lipinski definition) is 2. The molecule has 3 heteroatoms. The molecule has 1 aliphatic carbocycles. The lowest BCUT2D eigenvalue weighted by Gasteiger charge is -2.17. The molecule has 0 fully saturated rings. The number of benzene rings is 1. The molecule has 0 saturated heterocycles. The highest BCUT2D eigenvalue weighted by Gasteiger charge is 2.18. The van der Waals surface area contributed by atoms with Gasteiger partial charge >= 0.3 is 0 Å². The van der Waals surface area contributed by atoms with Crippen LogP contribution < -0.4 is 0 Å². The summed E-state index contributed by atoms with van der Waals surface area (Å²) < 4.78 is 13.4. The van der Waals surface area contributed by atoms with Crippen molar-refractivity contribution in [3.8, 4) is 0 Å². The van der Waals surface area contributed by atoms with Crippen LogP contribution >= 0.6 is 0 Å². The molecular formula is C11H12FNO. The van der Waals surface area contributed by atoms with Crippen LogP contribution in [0.3, 0.4) is 0 Å². The summed E-state index contributed by atoms with van der Waals surface area (Å²) in [6.07, 6.45) is 2.60. The molecule has 1 aliphatic rings. The van der Waals surface area contributed by atoms with Crippen molar-refractivity contribution in [3.63, 3.8) is 0 Å². The Bertz CT molecular complexity index is 374. The summed E-state index contributed by atoms with van der Waals surface area (Å²) in [7, 11) is 1.51. The zero-order chi connectivity index (χ0) is 9.97. The molecule has 2 rings (SSSR count). The minimum atomic E-state index is -0.133. The zero-order valence-electron chi connectivity index (χ0n) is 8.09. The first-order chi connectivity index (χ1) is 6.83. The molecule has 1 aromatic rings. The second kappa shape index (κ2) is 3.78. The molecular weight excluding hydrogens is 181 g/mol. The molecule has 0 atom stereocenters. The van der Waals surface area contributed by atoms with Gasteiger partial charge in [-0.25, -0.2) is 4.39 Å². The Kier molecular flexibility index (Phi) is 2.48. The predicted molar refractivity (Wildman–Crippen MR) is 52.9 cm³/mol. The largest absolute Gasteiger partial charge is 0.399 e. The van der Waals surface area contributed by atoms with Crippen LogP contribution in [0.4, 0.5) is 4.39 Å². The molecule has 0 bridgehead atoms. The minimum Gasteiger partial charge on any atom is -0.399 e. The van der Waals surface area contributed by atoms with Crippen LogP contribution in [0.1, 0.15) is 24.0 Å². The number of fused-ring (bicyclic) bond motifs is 1. The fourth-order valence-corrected chi connectivity index (χ4v) is 1.86. The Labute approximate surface area is 82.4 Å². The third-order valence-electron chi connectivity index (χ3n) is 2.47. The summed E-state index contributed by atoms with van der Waals surface area (Å²) in [4.78, 5) is 4.74. The van der Waals surface area contributed by atoms with E-state index < -0.39 is 0 Å². The fraction of sp³-hybridized carbons (Fsp3) is 0.364. The van der Waals surface area contributed by atoms with Gasteiger partial charge < -0.3 is 4.84 Å². The fourth-order valence-electron chi connectivity index (χ4n) is 1.86. The van der Waals surface area contributed by atoms with E-state index in [1.165, 1.54) is 13.2 Å². The number of hydrogen-bond donors (Lipinski definition) is 0. The number of oxime groups is 1. The summed E-state index contributed by atoms with van der Waals surface area (Å²) in [6, 6.07) is 5.11. The van der Waals surface area contributed by atoms with Crippen molar-refractivity contribution in [1.29, 1.82) is 0 Å². The van der Waals surface area contributed by atoms with Crippen LogP contribution in [0.5, 0.6) is 0 Å². The molecule has 0 unspecified atom stereocenters. The van der Waals surface area contributed by atoms with Gasteiger partial charge in [-0.15, -0.1) is 0 Å². The maximum Gasteiger partial charge on any atom is 0.127 e. The van der Waals surface area contributed by atoms with Gasteiger partial charge in [-0.3, -0.25) is 0 Å². The Morgan fingerprint density at radius 2 is 2.21 bits per heavy atom. The van der Waals surface area contributed by atoms with Crippen LogP contribution in [0.25, 0.3) is 0 Å². The van der Waals surface area contributed by atoms with Crippen LogP contribution in [-0.2, 0) is 11.3 Å². The Balaban J connectivity index is 2.50. The first kappa shape index (κ1) is 9.19. The zero-order valence-corrected chi connectivity index (χ0v) is 8.09. The molecule has 0 N–H and O–H groups in total. The molecule has 0 aliphatic heterocycles. The van der Waals surface area contributed by atoms with Crippen LogP contribution in [-0.4, -0.2) is 12.8 Å². The van der Waals surface area contributed by atoms with Gasteiger partial charge in [-0.05, 0) is 30.9 Å². The second-order valence-electron chi connectivity index (χ2n) is 3.34. The van der Waals surface area contributed by atoms with Gasteiger partial charge in [-0.2, -0.15) is 0 Å². The van der Waals surface area contributed by atoms with E-state index in [1.54, 1.807) is 6.07 Å². The van der Waals surface area contributed by atoms with Crippen LogP contribution in [0, 0.1) is 5.82 Å². The van der Waals surface area contributed by atoms with Crippen molar-refractivity contribution in [1.82, 2.24) is 0 Å². The summed E-state index contributed by atoms with van der Waals surface area (Å²) in [5.41, 5.74) is 2.53. The van der Waals surface area contributed by atoms with Crippen molar-refractivity contribution in [2.75, 3.05) is 7.11 Å². The summed E-state index contributed by atoms with van der Waals surface area (Å²) in [6.45, 7) is 0. The molecule has 0 amide bonds. The molecule has 0 spiro atoms. The smallest absolute Gasteiger partial charge is 0.127 e. The average molecular weight is 193 g/mol. The van der Waals surface area contributed by atoms with Crippen LogP contribution in [0.2, 0.25) is 0 Å². The lowest BCUT2D eigenvalue weighted by Crippen LogP contribution is -2.13. The van der Waals surface area contributed by atoms with Gasteiger partial charge in [-0.1, -0.05) is 17.3 Å². The predicted octanol–water partition coefficient (Wildman–Crippen LogP) is 2.51. The van der Waals surface area contributed by atoms with E-state index in [2.05, 4.69) is 5.16 Å². The van der Waals surface area contributed by atoms with Gasteiger partial charge in [0.2, 0.25) is 0 Å². The Hall–Kier alpha value is -1.38. The van der Waals surface area contributed by atoms with Gasteiger partial charge in [0.25, 0.3) is 0 Å². The van der Waals surface area contributed by atoms with Crippen molar-refractivity contribution < 1.29 is 9.23 Å². The third kappa shape index (κ3) is 1.50. The maximum atomic E-state index is 13.4. The van der Waals surface area contributed by atoms with Crippen molar-refractivity contribution in [2.45, 2.75) is 19.3 Å². The highest BCUT2D eigenvalue weighted by molar-refractivity contribution is 6.02. The van der Waals surface area contributed by atoms with Crippen LogP contribution in [0.15, 0.2) is 23.4 Å². The topological polar surface area (TPSA) is 21.6 Å². The SMILES string of the molecule is CON=C1CCCc2c(F)cccc21. The van der Waals surface area contributed by atoms with Gasteiger partial charge in [0.05, 0.1) is 5.71 Å². The molecule has 0 saturated carbocycles. The van der Waals surface area contributed by atoms with E-state index in [4.69, 9.17) is 4.84 Å². The van der Waals surface area contributed by atoms with Gasteiger partial charge in [0, 0.05) is 5.56 Å². The van der Waals surface area contributed by atoms with Crippen molar-refractivity contribution in [2.24, 2.45) is 5.16 Å². The monoisotopic (exact) mass is 193 g/mol. The van der Waals surface area contributed by atoms with E-state index in [0.717, 1.165) is 36.1 Å². The Morgan fingerprint density at radius 1 is 1.36 bits per heavy atom. The van der Waals surface area contributed by atoms with E-state index in [-0.39, 0.29) is 5.82 Å². The summed E-state index contributed by atoms with van der Waals surface area (Å²) >= 11 is 0. The van der Waals surface area contributed by atoms with E-state index in [9.17, 15) is 4.39 Å². The Morgan fingerprint density at radius 3 is 3.00 bits per heavy atom. The van der Waals surface area contributed by atoms with E-state index in [0.29, 0.717) is 0 Å². The van der Waals surface area contributed by atoms with Crippen molar-refractivity contribution in [3.05, 3.63) is 35.1 Å². The molecule has 0 heterocycles. The molecule has 0 radical (unpaired) electrons. The maximum absolute atomic E-state index is 13.4. The number of nitrogens with zero attached hydrogens (tertiary/aromatic N) is 1. The number of halogens is 1. The van der Waals surface area contributed by atoms with E-state index in [1.807, 2.05) is 6.07 Å². The first-order valence-electron chi connectivity index (χ1n) is 4.70. The standard InChI is InChI=1S/C11H12FNO/c1-14-13-11-7-3-4-8-9(11)5-2-6-10(8)12/h2,5-6H,3-4,7H2,1H3. The lowest BCUT2D eigenvalue weighted by atomic mass is 9.90. The second-order valence-corrected chi connectivity index (χ2v) is 3.34. The molecule has 14 heavy (non-hydrogen) atoms. The van der Waals surface area contributed by atoms with Gasteiger partial charge in [0.1, 0.15) is 12.9 Å². The minimum absolute atomic E-state index is 0.133. The molecule has 0 aromatic heterocycles. The average Bonchev–Trinajstić information content (AvgIpc) is 2.20. The van der Waals surface area contributed by atoms with Crippen molar-refractivity contribution >= 4 is 5.71 Å². The lowest BCUT2D eigenvalue weighted by molar-refractivity contribution is 0.212. The quantitative estimate of drug-likeness (QED) is 0.628. The van der Waals surface area contributed by atoms with E-state index >= 15 is 0 Å². The molecule has 74 valence electrons. The third-order valence-corrected chi connectivity index (χ3v) is 2.47. The van der Waals surface area contributed by atoms with Gasteiger partial charge in [0.15, 0.2) is 0 Å². The highest BCUT2D eigenvalue weighted by atomic mass is 19.1. The molecule has 2 nitrogen and oxygen atoms in total. The molecule has 1 aromatic carbocycles. The highest BCUT2D eigenvalue weighted by Crippen LogP contribution is 2.24. The summed E-state index contributed by atoms with van der Waals surface area (Å²) in [5.74, 6) is -0.133.